The molecule has 2 heterocycles. The summed E-state index contributed by atoms with van der Waals surface area (Å²) in [5.74, 6) is 1.47. The number of aromatic nitrogens is 3. The van der Waals surface area contributed by atoms with Gasteiger partial charge < -0.3 is 20.8 Å². The number of rotatable bonds is 7. The van der Waals surface area contributed by atoms with E-state index >= 15 is 0 Å². The maximum atomic E-state index is 13.2. The molecule has 1 aliphatic rings. The van der Waals surface area contributed by atoms with Gasteiger partial charge in [-0.25, -0.2) is 7.80 Å². The van der Waals surface area contributed by atoms with Crippen LogP contribution in [0.3, 0.4) is 0 Å². The summed E-state index contributed by atoms with van der Waals surface area (Å²) >= 11 is 2.17. The Balaban J connectivity index is 1.38. The molecule has 0 aliphatic heterocycles. The lowest BCUT2D eigenvalue weighted by Crippen LogP contribution is -2.18. The summed E-state index contributed by atoms with van der Waals surface area (Å²) in [6, 6.07) is 22.7. The summed E-state index contributed by atoms with van der Waals surface area (Å²) in [5, 5.41) is 8.20. The lowest BCUT2D eigenvalue weighted by atomic mass is 9.86. The minimum Gasteiger partial charge on any atom is -0.457 e. The van der Waals surface area contributed by atoms with Crippen LogP contribution in [0.25, 0.3) is 27.7 Å². The zero-order valence-electron chi connectivity index (χ0n) is 22.2. The molecule has 2 aromatic heterocycles. The Morgan fingerprint density at radius 2 is 1.85 bits per heavy atom. The lowest BCUT2D eigenvalue weighted by Gasteiger charge is -2.22. The van der Waals surface area contributed by atoms with Crippen molar-refractivity contribution in [3.8, 4) is 28.3 Å². The second kappa shape index (κ2) is 11.2. The normalized spacial score (nSPS) is 12.5. The molecule has 5 aromatic rings. The average molecular weight is 659 g/mol. The van der Waals surface area contributed by atoms with Crippen LogP contribution in [0.1, 0.15) is 11.3 Å². The van der Waals surface area contributed by atoms with Gasteiger partial charge in [-0.15, -0.1) is 0 Å². The number of amides is 1. The molecule has 3 aromatic carbocycles. The van der Waals surface area contributed by atoms with Gasteiger partial charge >= 0.3 is 0 Å². The third-order valence-electron chi connectivity index (χ3n) is 6.97. The third kappa shape index (κ3) is 5.35. The summed E-state index contributed by atoms with van der Waals surface area (Å²) in [6.07, 6.45) is 4.63. The van der Waals surface area contributed by atoms with Crippen LogP contribution in [-0.4, -0.2) is 37.4 Å². The van der Waals surface area contributed by atoms with Crippen molar-refractivity contribution < 1.29 is 9.53 Å². The van der Waals surface area contributed by atoms with Crippen LogP contribution < -0.4 is 21.3 Å². The Labute approximate surface area is 250 Å². The Morgan fingerprint density at radius 3 is 2.61 bits per heavy atom. The van der Waals surface area contributed by atoms with E-state index in [1.807, 2.05) is 89.0 Å². The molecule has 0 atom stereocenters. The topological polar surface area (TPSA) is 118 Å². The van der Waals surface area contributed by atoms with Crippen molar-refractivity contribution in [3.05, 3.63) is 107 Å². The molecule has 0 bridgehead atoms. The number of likely N-dealkylation sites (N-methyl/N-ethyl adjacent to an activating group) is 1. The number of hydrogen-bond donors (Lipinski definition) is 3. The van der Waals surface area contributed by atoms with Gasteiger partial charge in [-0.2, -0.15) is 5.10 Å². The fourth-order valence-corrected chi connectivity index (χ4v) is 5.35. The summed E-state index contributed by atoms with van der Waals surface area (Å²) in [5.41, 5.74) is 11.8. The Bertz CT molecular complexity index is 1840. The molecule has 0 saturated carbocycles. The molecule has 0 radical (unpaired) electrons. The van der Waals surface area contributed by atoms with Crippen molar-refractivity contribution in [2.75, 3.05) is 24.6 Å². The van der Waals surface area contributed by atoms with Crippen molar-refractivity contribution in [2.45, 2.75) is 12.8 Å². The number of carbonyl (C=O) groups excluding carboxylic acids is 1. The number of carbonyl (C=O) groups is 1. The quantitative estimate of drug-likeness (QED) is 0.119. The minimum atomic E-state index is -0.273. The Hall–Kier alpha value is -4.42. The first kappa shape index (κ1) is 26.8. The molecule has 1 aliphatic carbocycles. The number of H-pyrrole nitrogens is 1. The van der Waals surface area contributed by atoms with Gasteiger partial charge in [-0.3, -0.25) is 9.59 Å². The number of nitrogens with zero attached hydrogens (tertiary/aromatic N) is 3. The highest BCUT2D eigenvalue weighted by atomic mass is 127. The minimum absolute atomic E-state index is 0.192. The molecular formula is C31H27IN6O3. The van der Waals surface area contributed by atoms with Gasteiger partial charge in [0.1, 0.15) is 28.2 Å². The number of aryl methyl sites for hydroxylation is 1. The van der Waals surface area contributed by atoms with Crippen LogP contribution in [0, 0.1) is 0 Å². The molecule has 206 valence electrons. The summed E-state index contributed by atoms with van der Waals surface area (Å²) in [6.45, 7) is 0.659. The molecule has 4 N–H and O–H groups in total. The number of para-hydroxylation sites is 1. The molecule has 6 rings (SSSR count). The standard InChI is InChI=1S/C31H27IN6O3/c1-37(32)18-6-11-26(39)34-24-10-5-9-23-22(24)16-17-25-27(23)29-28(31(40)35-25)30(33)38(36-29)19-12-14-21(15-13-19)41-20-7-3-2-4-8-20/h2-15H,16-18,33H2,1H3,(H,34,39)(H,35,40)/b11-6+. The number of halogens is 1. The SMILES string of the molecule is CN(I)C/C=C/C(=O)Nc1cccc2c1CCc1[nH]c(=O)c3c(N)n(-c4ccc(Oc5ccccc5)cc4)nc3c1-2. The second-order valence-electron chi connectivity index (χ2n) is 9.75. The molecule has 1 amide bonds. The third-order valence-corrected chi connectivity index (χ3v) is 7.36. The van der Waals surface area contributed by atoms with E-state index in [4.69, 9.17) is 15.6 Å². The maximum Gasteiger partial charge on any atom is 0.261 e. The van der Waals surface area contributed by atoms with Crippen molar-refractivity contribution in [1.82, 2.24) is 17.9 Å². The van der Waals surface area contributed by atoms with Gasteiger partial charge in [0, 0.05) is 52.4 Å². The van der Waals surface area contributed by atoms with Crippen LogP contribution in [0.5, 0.6) is 11.5 Å². The van der Waals surface area contributed by atoms with Crippen LogP contribution in [0.15, 0.2) is 89.7 Å². The molecule has 0 spiro atoms. The molecule has 0 fully saturated rings. The lowest BCUT2D eigenvalue weighted by molar-refractivity contribution is -0.111. The highest BCUT2D eigenvalue weighted by Crippen LogP contribution is 2.40. The highest BCUT2D eigenvalue weighted by Gasteiger charge is 2.26. The van der Waals surface area contributed by atoms with Gasteiger partial charge in [0.05, 0.1) is 5.69 Å². The second-order valence-corrected chi connectivity index (χ2v) is 11.4. The van der Waals surface area contributed by atoms with Crippen LogP contribution >= 0.6 is 22.9 Å². The summed E-state index contributed by atoms with van der Waals surface area (Å²) in [7, 11) is 1.93. The van der Waals surface area contributed by atoms with Crippen molar-refractivity contribution >= 4 is 51.2 Å². The van der Waals surface area contributed by atoms with Crippen molar-refractivity contribution in [3.63, 3.8) is 0 Å². The monoisotopic (exact) mass is 658 g/mol. The first-order chi connectivity index (χ1) is 19.9. The average Bonchev–Trinajstić information content (AvgIpc) is 3.31. The van der Waals surface area contributed by atoms with Gasteiger partial charge in [-0.1, -0.05) is 36.4 Å². The number of aromatic amines is 1. The molecule has 9 nitrogen and oxygen atoms in total. The van der Waals surface area contributed by atoms with E-state index in [0.717, 1.165) is 33.8 Å². The number of anilines is 2. The number of fused-ring (bicyclic) bond motifs is 5. The zero-order chi connectivity index (χ0) is 28.5. The molecule has 41 heavy (non-hydrogen) atoms. The van der Waals surface area contributed by atoms with Crippen LogP contribution in [-0.2, 0) is 17.6 Å². The number of pyridine rings is 1. The number of benzene rings is 3. The van der Waals surface area contributed by atoms with Crippen LogP contribution in [0.2, 0.25) is 0 Å². The molecule has 10 heteroatoms. The highest BCUT2D eigenvalue weighted by molar-refractivity contribution is 14.1. The van der Waals surface area contributed by atoms with E-state index in [9.17, 15) is 9.59 Å². The van der Waals surface area contributed by atoms with Gasteiger partial charge in [0.2, 0.25) is 5.91 Å². The number of nitrogens with one attached hydrogen (secondary N) is 2. The summed E-state index contributed by atoms with van der Waals surface area (Å²) < 4.78 is 9.44. The predicted octanol–water partition coefficient (Wildman–Crippen LogP) is 5.63. The maximum absolute atomic E-state index is 13.2. The van der Waals surface area contributed by atoms with E-state index in [1.54, 1.807) is 10.8 Å². The van der Waals surface area contributed by atoms with E-state index < -0.39 is 0 Å². The molecular weight excluding hydrogens is 631 g/mol. The van der Waals surface area contributed by atoms with E-state index in [1.165, 1.54) is 0 Å². The fourth-order valence-electron chi connectivity index (χ4n) is 5.13. The Kier molecular flexibility index (Phi) is 7.33. The summed E-state index contributed by atoms with van der Waals surface area (Å²) in [4.78, 5) is 28.8. The Morgan fingerprint density at radius 1 is 1.10 bits per heavy atom. The van der Waals surface area contributed by atoms with Gasteiger partial charge in [0.15, 0.2) is 0 Å². The first-order valence-electron chi connectivity index (χ1n) is 13.1. The van der Waals surface area contributed by atoms with Gasteiger partial charge in [0.25, 0.3) is 5.56 Å². The largest absolute Gasteiger partial charge is 0.457 e. The number of nitrogen functional groups attached to an aromatic ring is 1. The number of hydrogen-bond acceptors (Lipinski definition) is 6. The van der Waals surface area contributed by atoms with E-state index in [2.05, 4.69) is 33.2 Å². The van der Waals surface area contributed by atoms with E-state index in [0.29, 0.717) is 41.7 Å². The van der Waals surface area contributed by atoms with E-state index in [-0.39, 0.29) is 17.3 Å². The van der Waals surface area contributed by atoms with Crippen LogP contribution in [0.4, 0.5) is 11.5 Å². The zero-order valence-corrected chi connectivity index (χ0v) is 24.4. The van der Waals surface area contributed by atoms with Crippen molar-refractivity contribution in [2.24, 2.45) is 0 Å². The molecule has 0 unspecified atom stereocenters. The first-order valence-corrected chi connectivity index (χ1v) is 14.1. The van der Waals surface area contributed by atoms with Gasteiger partial charge in [-0.05, 0) is 73.5 Å². The number of ether oxygens (including phenoxy) is 1. The number of nitrogens with two attached hydrogens (primary N) is 1. The molecule has 0 saturated heterocycles. The predicted molar refractivity (Wildman–Crippen MR) is 170 cm³/mol. The fraction of sp³-hybridized carbons (Fsp3) is 0.129. The smallest absolute Gasteiger partial charge is 0.261 e. The van der Waals surface area contributed by atoms with Crippen molar-refractivity contribution in [1.29, 1.82) is 0 Å².